The van der Waals surface area contributed by atoms with Gasteiger partial charge in [0.2, 0.25) is 5.91 Å². The van der Waals surface area contributed by atoms with Crippen LogP contribution >= 0.6 is 11.6 Å². The number of likely N-dealkylation sites (tertiary alicyclic amines) is 1. The molecule has 1 aliphatic heterocycles. The van der Waals surface area contributed by atoms with E-state index in [9.17, 15) is 4.79 Å². The van der Waals surface area contributed by atoms with E-state index in [1.54, 1.807) is 0 Å². The highest BCUT2D eigenvalue weighted by Crippen LogP contribution is 2.18. The van der Waals surface area contributed by atoms with Gasteiger partial charge < -0.3 is 10.2 Å². The van der Waals surface area contributed by atoms with E-state index >= 15 is 0 Å². The number of hydrogen-bond acceptors (Lipinski definition) is 4. The van der Waals surface area contributed by atoms with Crippen molar-refractivity contribution in [2.24, 2.45) is 0 Å². The Labute approximate surface area is 118 Å². The van der Waals surface area contributed by atoms with Crippen LogP contribution in [0.15, 0.2) is 0 Å². The van der Waals surface area contributed by atoms with Gasteiger partial charge in [-0.15, -0.1) is 0 Å². The third kappa shape index (κ3) is 3.56. The Bertz CT molecular complexity index is 472. The summed E-state index contributed by atoms with van der Waals surface area (Å²) in [5, 5.41) is 3.44. The van der Waals surface area contributed by atoms with Crippen molar-refractivity contribution in [2.45, 2.75) is 33.1 Å². The highest BCUT2D eigenvalue weighted by molar-refractivity contribution is 6.31. The molecule has 104 valence electrons. The van der Waals surface area contributed by atoms with Crippen LogP contribution in [0, 0.1) is 13.8 Å². The van der Waals surface area contributed by atoms with Crippen LogP contribution in [0.4, 0.5) is 5.82 Å². The third-order valence-electron chi connectivity index (χ3n) is 3.35. The van der Waals surface area contributed by atoms with Gasteiger partial charge in [0.05, 0.1) is 11.4 Å². The van der Waals surface area contributed by atoms with E-state index in [4.69, 9.17) is 11.6 Å². The molecule has 1 aromatic heterocycles. The number of aromatic nitrogens is 2. The molecule has 0 bridgehead atoms. The van der Waals surface area contributed by atoms with Crippen LogP contribution in [0.3, 0.4) is 0 Å². The average molecular weight is 283 g/mol. The largest absolute Gasteiger partial charge is 0.367 e. The molecule has 1 aliphatic rings. The van der Waals surface area contributed by atoms with E-state index in [2.05, 4.69) is 15.3 Å². The number of anilines is 1. The van der Waals surface area contributed by atoms with Crippen LogP contribution in [-0.2, 0) is 4.79 Å². The fourth-order valence-electron chi connectivity index (χ4n) is 2.10. The Hall–Kier alpha value is -1.36. The molecule has 2 rings (SSSR count). The van der Waals surface area contributed by atoms with Gasteiger partial charge in [0, 0.05) is 26.1 Å². The number of carbonyl (C=O) groups is 1. The summed E-state index contributed by atoms with van der Waals surface area (Å²) in [5.74, 6) is 0.747. The van der Waals surface area contributed by atoms with Crippen LogP contribution in [0.5, 0.6) is 0 Å². The zero-order chi connectivity index (χ0) is 13.8. The molecule has 0 aromatic carbocycles. The van der Waals surface area contributed by atoms with E-state index in [-0.39, 0.29) is 5.91 Å². The molecule has 0 atom stereocenters. The van der Waals surface area contributed by atoms with Crippen molar-refractivity contribution in [3.05, 3.63) is 16.5 Å². The van der Waals surface area contributed by atoms with Crippen molar-refractivity contribution in [3.8, 4) is 0 Å². The summed E-state index contributed by atoms with van der Waals surface area (Å²) in [6.07, 6.45) is 2.70. The molecule has 1 fully saturated rings. The third-order valence-corrected chi connectivity index (χ3v) is 3.62. The topological polar surface area (TPSA) is 58.1 Å². The summed E-state index contributed by atoms with van der Waals surface area (Å²) in [5.41, 5.74) is 1.67. The first-order chi connectivity index (χ1) is 9.08. The molecule has 2 heterocycles. The number of halogens is 1. The first kappa shape index (κ1) is 14.1. The molecule has 1 saturated heterocycles. The Morgan fingerprint density at radius 3 is 2.58 bits per heavy atom. The maximum Gasteiger partial charge on any atom is 0.224 e. The lowest BCUT2D eigenvalue weighted by molar-refractivity contribution is -0.129. The number of nitrogens with one attached hydrogen (secondary N) is 1. The van der Waals surface area contributed by atoms with Crippen molar-refractivity contribution < 1.29 is 4.79 Å². The standard InChI is InChI=1S/C13H19ClN4O/c1-9-10(2)17-13(12(14)16-9)15-6-5-11(19)18-7-3-4-8-18/h3-8H2,1-2H3,(H,15,17). The van der Waals surface area contributed by atoms with Crippen molar-refractivity contribution in [2.75, 3.05) is 25.0 Å². The Balaban J connectivity index is 1.85. The van der Waals surface area contributed by atoms with E-state index < -0.39 is 0 Å². The zero-order valence-corrected chi connectivity index (χ0v) is 12.1. The van der Waals surface area contributed by atoms with Gasteiger partial charge in [0.25, 0.3) is 0 Å². The van der Waals surface area contributed by atoms with Crippen LogP contribution in [0.2, 0.25) is 5.15 Å². The van der Waals surface area contributed by atoms with Crippen LogP contribution in [0.1, 0.15) is 30.7 Å². The maximum atomic E-state index is 11.9. The van der Waals surface area contributed by atoms with Gasteiger partial charge in [-0.2, -0.15) is 0 Å². The highest BCUT2D eigenvalue weighted by atomic mass is 35.5. The molecule has 0 saturated carbocycles. The lowest BCUT2D eigenvalue weighted by Gasteiger charge is -2.15. The number of carbonyl (C=O) groups excluding carboxylic acids is 1. The monoisotopic (exact) mass is 282 g/mol. The van der Waals surface area contributed by atoms with E-state index in [1.165, 1.54) is 0 Å². The average Bonchev–Trinajstić information content (AvgIpc) is 2.89. The first-order valence-electron chi connectivity index (χ1n) is 6.60. The molecule has 5 nitrogen and oxygen atoms in total. The van der Waals surface area contributed by atoms with Crippen molar-refractivity contribution in [1.82, 2.24) is 14.9 Å². The second-order valence-corrected chi connectivity index (χ2v) is 5.16. The fraction of sp³-hybridized carbons (Fsp3) is 0.615. The molecule has 0 aliphatic carbocycles. The molecule has 6 heteroatoms. The van der Waals surface area contributed by atoms with Gasteiger partial charge in [0.1, 0.15) is 0 Å². The van der Waals surface area contributed by atoms with Gasteiger partial charge in [-0.1, -0.05) is 11.6 Å². The summed E-state index contributed by atoms with van der Waals surface area (Å²) < 4.78 is 0. The maximum absolute atomic E-state index is 11.9. The SMILES string of the molecule is Cc1nc(Cl)c(NCCC(=O)N2CCCC2)nc1C. The summed E-state index contributed by atoms with van der Waals surface area (Å²) in [6, 6.07) is 0. The molecule has 1 amide bonds. The number of hydrogen-bond donors (Lipinski definition) is 1. The van der Waals surface area contributed by atoms with Crippen molar-refractivity contribution >= 4 is 23.3 Å². The van der Waals surface area contributed by atoms with Crippen LogP contribution < -0.4 is 5.32 Å². The molecule has 0 radical (unpaired) electrons. The van der Waals surface area contributed by atoms with Crippen LogP contribution in [0.25, 0.3) is 0 Å². The lowest BCUT2D eigenvalue weighted by Crippen LogP contribution is -2.29. The van der Waals surface area contributed by atoms with Gasteiger partial charge in [-0.05, 0) is 26.7 Å². The van der Waals surface area contributed by atoms with E-state index in [0.717, 1.165) is 37.3 Å². The predicted molar refractivity (Wildman–Crippen MR) is 75.4 cm³/mol. The second-order valence-electron chi connectivity index (χ2n) is 4.80. The number of nitrogens with zero attached hydrogens (tertiary/aromatic N) is 3. The van der Waals surface area contributed by atoms with E-state index in [0.29, 0.717) is 23.9 Å². The number of aryl methyl sites for hydroxylation is 2. The smallest absolute Gasteiger partial charge is 0.224 e. The summed E-state index contributed by atoms with van der Waals surface area (Å²) in [4.78, 5) is 22.3. The van der Waals surface area contributed by atoms with E-state index in [1.807, 2.05) is 18.7 Å². The highest BCUT2D eigenvalue weighted by Gasteiger charge is 2.17. The Morgan fingerprint density at radius 1 is 1.26 bits per heavy atom. The van der Waals surface area contributed by atoms with Gasteiger partial charge in [0.15, 0.2) is 11.0 Å². The minimum absolute atomic E-state index is 0.193. The van der Waals surface area contributed by atoms with Gasteiger partial charge in [-0.3, -0.25) is 4.79 Å². The summed E-state index contributed by atoms with van der Waals surface area (Å²) in [6.45, 7) is 6.08. The minimum Gasteiger partial charge on any atom is -0.367 e. The molecule has 0 spiro atoms. The van der Waals surface area contributed by atoms with Crippen LogP contribution in [-0.4, -0.2) is 40.4 Å². The number of rotatable bonds is 4. The van der Waals surface area contributed by atoms with Crippen molar-refractivity contribution in [1.29, 1.82) is 0 Å². The summed E-state index contributed by atoms with van der Waals surface area (Å²) >= 11 is 6.01. The minimum atomic E-state index is 0.193. The Kier molecular flexibility index (Phi) is 4.58. The quantitative estimate of drug-likeness (QED) is 0.919. The summed E-state index contributed by atoms with van der Waals surface area (Å²) in [7, 11) is 0. The Morgan fingerprint density at radius 2 is 1.89 bits per heavy atom. The first-order valence-corrected chi connectivity index (χ1v) is 6.98. The zero-order valence-electron chi connectivity index (χ0n) is 11.4. The fourth-order valence-corrected chi connectivity index (χ4v) is 2.34. The molecular formula is C13H19ClN4O. The predicted octanol–water partition coefficient (Wildman–Crippen LogP) is 2.17. The van der Waals surface area contributed by atoms with Gasteiger partial charge >= 0.3 is 0 Å². The second kappa shape index (κ2) is 6.19. The normalized spacial score (nSPS) is 14.8. The molecule has 1 aromatic rings. The lowest BCUT2D eigenvalue weighted by atomic mass is 10.3. The van der Waals surface area contributed by atoms with Gasteiger partial charge in [-0.25, -0.2) is 9.97 Å². The molecule has 0 unspecified atom stereocenters. The molecular weight excluding hydrogens is 264 g/mol. The van der Waals surface area contributed by atoms with Crippen molar-refractivity contribution in [3.63, 3.8) is 0 Å². The molecule has 1 N–H and O–H groups in total. The number of amides is 1. The molecule has 19 heavy (non-hydrogen) atoms.